The van der Waals surface area contributed by atoms with Crippen molar-refractivity contribution in [3.8, 4) is 0 Å². The van der Waals surface area contributed by atoms with Gasteiger partial charge >= 0.3 is 0 Å². The number of carbonyl (C=O) groups is 1. The van der Waals surface area contributed by atoms with Crippen molar-refractivity contribution in [1.29, 1.82) is 0 Å². The van der Waals surface area contributed by atoms with Gasteiger partial charge in [0.1, 0.15) is 0 Å². The Morgan fingerprint density at radius 3 is 2.48 bits per heavy atom. The first kappa shape index (κ1) is 15.9. The number of halogens is 1. The minimum absolute atomic E-state index is 0.0294. The van der Waals surface area contributed by atoms with Gasteiger partial charge in [-0.3, -0.25) is 4.79 Å². The smallest absolute Gasteiger partial charge is 0.225 e. The Hall–Kier alpha value is -1.97. The maximum absolute atomic E-state index is 12.0. The van der Waals surface area contributed by atoms with E-state index in [-0.39, 0.29) is 5.91 Å². The number of hydrogen-bond donors (Lipinski definition) is 1. The molecule has 0 spiro atoms. The van der Waals surface area contributed by atoms with Gasteiger partial charge in [0.25, 0.3) is 0 Å². The number of fused-ring (bicyclic) bond motifs is 1. The third-order valence-corrected chi connectivity index (χ3v) is 4.71. The summed E-state index contributed by atoms with van der Waals surface area (Å²) in [4.78, 5) is 13.2. The molecule has 1 amide bonds. The second-order valence-corrected chi connectivity index (χ2v) is 6.77. The van der Waals surface area contributed by atoms with Gasteiger partial charge in [-0.25, -0.2) is 0 Å². The lowest BCUT2D eigenvalue weighted by Gasteiger charge is -2.07. The van der Waals surface area contributed by atoms with Crippen LogP contribution in [0.15, 0.2) is 71.6 Å². The fourth-order valence-corrected chi connectivity index (χ4v) is 3.26. The third-order valence-electron chi connectivity index (χ3n) is 3.44. The van der Waals surface area contributed by atoms with Crippen LogP contribution in [0, 0.1) is 0 Å². The van der Waals surface area contributed by atoms with Crippen LogP contribution in [0.2, 0.25) is 5.02 Å². The third kappa shape index (κ3) is 4.50. The Morgan fingerprint density at radius 2 is 1.70 bits per heavy atom. The number of carbonyl (C=O) groups excluding carboxylic acids is 1. The molecule has 3 rings (SSSR count). The van der Waals surface area contributed by atoms with E-state index >= 15 is 0 Å². The van der Waals surface area contributed by atoms with Crippen LogP contribution in [-0.4, -0.2) is 11.7 Å². The molecule has 0 saturated carbocycles. The van der Waals surface area contributed by atoms with Gasteiger partial charge < -0.3 is 5.32 Å². The summed E-state index contributed by atoms with van der Waals surface area (Å²) in [5, 5.41) is 5.98. The van der Waals surface area contributed by atoms with Crippen LogP contribution in [0.1, 0.15) is 6.42 Å². The van der Waals surface area contributed by atoms with Crippen molar-refractivity contribution in [2.24, 2.45) is 0 Å². The summed E-state index contributed by atoms with van der Waals surface area (Å²) in [5.74, 6) is 0.767. The van der Waals surface area contributed by atoms with Crippen molar-refractivity contribution in [1.82, 2.24) is 0 Å². The number of rotatable bonds is 5. The van der Waals surface area contributed by atoms with Crippen molar-refractivity contribution >= 4 is 45.7 Å². The predicted octanol–water partition coefficient (Wildman–Crippen LogP) is 5.61. The van der Waals surface area contributed by atoms with Crippen LogP contribution in [-0.2, 0) is 4.79 Å². The highest BCUT2D eigenvalue weighted by Crippen LogP contribution is 2.22. The predicted molar refractivity (Wildman–Crippen MR) is 99.4 cm³/mol. The monoisotopic (exact) mass is 341 g/mol. The van der Waals surface area contributed by atoms with Crippen LogP contribution in [0.3, 0.4) is 0 Å². The first-order valence-corrected chi connectivity index (χ1v) is 8.74. The Balaban J connectivity index is 1.53. The molecule has 0 aliphatic carbocycles. The molecule has 0 fully saturated rings. The number of amides is 1. The molecular weight excluding hydrogens is 326 g/mol. The molecule has 0 atom stereocenters. The van der Waals surface area contributed by atoms with E-state index in [2.05, 4.69) is 11.4 Å². The van der Waals surface area contributed by atoms with Gasteiger partial charge in [-0.2, -0.15) is 0 Å². The topological polar surface area (TPSA) is 29.1 Å². The molecule has 0 aliphatic heterocycles. The molecule has 1 N–H and O–H groups in total. The summed E-state index contributed by atoms with van der Waals surface area (Å²) in [6.45, 7) is 0. The summed E-state index contributed by atoms with van der Waals surface area (Å²) in [7, 11) is 0. The van der Waals surface area contributed by atoms with Crippen LogP contribution < -0.4 is 5.32 Å². The quantitative estimate of drug-likeness (QED) is 0.611. The van der Waals surface area contributed by atoms with E-state index in [1.165, 1.54) is 5.39 Å². The molecule has 0 radical (unpaired) electrons. The van der Waals surface area contributed by atoms with Crippen molar-refractivity contribution in [2.75, 3.05) is 11.1 Å². The SMILES string of the molecule is O=C(CCSc1ccc(Cl)cc1)Nc1ccc2ccccc2c1. The van der Waals surface area contributed by atoms with Crippen molar-refractivity contribution in [2.45, 2.75) is 11.3 Å². The minimum atomic E-state index is 0.0294. The Bertz CT molecular complexity index is 817. The Kier molecular flexibility index (Phi) is 5.21. The lowest BCUT2D eigenvalue weighted by Crippen LogP contribution is -2.12. The van der Waals surface area contributed by atoms with Crippen LogP contribution in [0.25, 0.3) is 10.8 Å². The van der Waals surface area contributed by atoms with Crippen LogP contribution in [0.4, 0.5) is 5.69 Å². The molecule has 3 aromatic carbocycles. The fraction of sp³-hybridized carbons (Fsp3) is 0.105. The highest BCUT2D eigenvalue weighted by Gasteiger charge is 2.04. The normalized spacial score (nSPS) is 10.7. The summed E-state index contributed by atoms with van der Waals surface area (Å²) in [6.07, 6.45) is 0.472. The van der Waals surface area contributed by atoms with E-state index in [0.717, 1.165) is 26.7 Å². The largest absolute Gasteiger partial charge is 0.326 e. The molecule has 23 heavy (non-hydrogen) atoms. The molecule has 4 heteroatoms. The average Bonchev–Trinajstić information content (AvgIpc) is 2.56. The molecule has 3 aromatic rings. The van der Waals surface area contributed by atoms with Crippen molar-refractivity contribution in [3.63, 3.8) is 0 Å². The van der Waals surface area contributed by atoms with Crippen LogP contribution >= 0.6 is 23.4 Å². The second kappa shape index (κ2) is 7.53. The summed E-state index contributed by atoms with van der Waals surface area (Å²) in [6, 6.07) is 21.7. The lowest BCUT2D eigenvalue weighted by atomic mass is 10.1. The highest BCUT2D eigenvalue weighted by atomic mass is 35.5. The standard InChI is InChI=1S/C19H16ClNOS/c20-16-6-9-18(10-7-16)23-12-11-19(22)21-17-8-5-14-3-1-2-4-15(14)13-17/h1-10,13H,11-12H2,(H,21,22). The summed E-state index contributed by atoms with van der Waals surface area (Å²) >= 11 is 7.51. The summed E-state index contributed by atoms with van der Waals surface area (Å²) in [5.41, 5.74) is 0.838. The van der Waals surface area contributed by atoms with Gasteiger partial charge in [-0.1, -0.05) is 41.9 Å². The number of anilines is 1. The van der Waals surface area contributed by atoms with E-state index in [0.29, 0.717) is 6.42 Å². The zero-order valence-electron chi connectivity index (χ0n) is 12.5. The Morgan fingerprint density at radius 1 is 0.957 bits per heavy atom. The van der Waals surface area contributed by atoms with E-state index in [9.17, 15) is 4.79 Å². The fourth-order valence-electron chi connectivity index (χ4n) is 2.28. The molecule has 0 aromatic heterocycles. The molecule has 0 unspecified atom stereocenters. The molecule has 0 bridgehead atoms. The Labute approximate surface area is 144 Å². The van der Waals surface area contributed by atoms with E-state index in [1.807, 2.05) is 60.7 Å². The lowest BCUT2D eigenvalue weighted by molar-refractivity contribution is -0.115. The first-order valence-electron chi connectivity index (χ1n) is 7.38. The molecule has 2 nitrogen and oxygen atoms in total. The van der Waals surface area contributed by atoms with Gasteiger partial charge in [0, 0.05) is 27.8 Å². The van der Waals surface area contributed by atoms with Gasteiger partial charge in [0.15, 0.2) is 0 Å². The number of nitrogens with one attached hydrogen (secondary N) is 1. The summed E-state index contributed by atoms with van der Waals surface area (Å²) < 4.78 is 0. The highest BCUT2D eigenvalue weighted by molar-refractivity contribution is 7.99. The first-order chi connectivity index (χ1) is 11.2. The molecular formula is C19H16ClNOS. The van der Waals surface area contributed by atoms with Crippen molar-refractivity contribution < 1.29 is 4.79 Å². The van der Waals surface area contributed by atoms with Gasteiger partial charge in [-0.15, -0.1) is 11.8 Å². The minimum Gasteiger partial charge on any atom is -0.326 e. The van der Waals surface area contributed by atoms with Gasteiger partial charge in [0.05, 0.1) is 0 Å². The van der Waals surface area contributed by atoms with Crippen molar-refractivity contribution in [3.05, 3.63) is 71.8 Å². The number of hydrogen-bond acceptors (Lipinski definition) is 2. The van der Waals surface area contributed by atoms with E-state index in [1.54, 1.807) is 11.8 Å². The molecule has 116 valence electrons. The zero-order chi connectivity index (χ0) is 16.1. The average molecular weight is 342 g/mol. The maximum Gasteiger partial charge on any atom is 0.225 e. The van der Waals surface area contributed by atoms with Gasteiger partial charge in [-0.05, 0) is 47.2 Å². The molecule has 0 aliphatic rings. The van der Waals surface area contributed by atoms with E-state index < -0.39 is 0 Å². The second-order valence-electron chi connectivity index (χ2n) is 5.16. The zero-order valence-corrected chi connectivity index (χ0v) is 14.0. The molecule has 0 saturated heterocycles. The van der Waals surface area contributed by atoms with Crippen LogP contribution in [0.5, 0.6) is 0 Å². The van der Waals surface area contributed by atoms with Gasteiger partial charge in [0.2, 0.25) is 5.91 Å². The maximum atomic E-state index is 12.0. The number of benzene rings is 3. The molecule has 0 heterocycles. The number of thioether (sulfide) groups is 1. The van der Waals surface area contributed by atoms with E-state index in [4.69, 9.17) is 11.6 Å².